The molecule has 0 aliphatic rings. The van der Waals surface area contributed by atoms with Crippen molar-refractivity contribution < 1.29 is 5.11 Å². The Kier molecular flexibility index (Phi) is 1.71. The first-order valence-electron chi connectivity index (χ1n) is 3.40. The Morgan fingerprint density at radius 2 is 2.42 bits per heavy atom. The largest absolute Gasteiger partial charge is 0.392 e. The maximum absolute atomic E-state index is 8.95. The van der Waals surface area contributed by atoms with E-state index >= 15 is 0 Å². The number of aliphatic hydroxyl groups is 1. The van der Waals surface area contributed by atoms with Crippen molar-refractivity contribution in [3.05, 3.63) is 23.0 Å². The molecule has 0 amide bonds. The summed E-state index contributed by atoms with van der Waals surface area (Å²) in [6.45, 7) is -0.0573. The smallest absolute Gasteiger partial charge is 0.157 e. The van der Waals surface area contributed by atoms with Crippen molar-refractivity contribution >= 4 is 22.6 Å². The number of rotatable bonds is 1. The van der Waals surface area contributed by atoms with E-state index in [1.807, 2.05) is 0 Å². The topological polar surface area (TPSA) is 61.8 Å². The molecule has 2 N–H and O–H groups in total. The van der Waals surface area contributed by atoms with Crippen LogP contribution in [0.1, 0.15) is 5.56 Å². The highest BCUT2D eigenvalue weighted by atomic mass is 35.5. The third-order valence-electron chi connectivity index (χ3n) is 1.65. The van der Waals surface area contributed by atoms with Crippen LogP contribution in [0.4, 0.5) is 0 Å². The first kappa shape index (κ1) is 7.52. The highest BCUT2D eigenvalue weighted by Gasteiger charge is 2.04. The zero-order valence-electron chi connectivity index (χ0n) is 6.08. The molecule has 0 unspecified atom stereocenters. The molecule has 12 heavy (non-hydrogen) atoms. The molecule has 2 aromatic rings. The number of hydrogen-bond donors (Lipinski definition) is 2. The summed E-state index contributed by atoms with van der Waals surface area (Å²) in [5.74, 6) is 0. The van der Waals surface area contributed by atoms with Gasteiger partial charge in [-0.2, -0.15) is 5.10 Å². The summed E-state index contributed by atoms with van der Waals surface area (Å²) >= 11 is 5.69. The lowest BCUT2D eigenvalue weighted by molar-refractivity contribution is 0.283. The maximum Gasteiger partial charge on any atom is 0.157 e. The Morgan fingerprint density at radius 3 is 3.17 bits per heavy atom. The van der Waals surface area contributed by atoms with Crippen molar-refractivity contribution in [1.29, 1.82) is 0 Å². The summed E-state index contributed by atoms with van der Waals surface area (Å²) in [6, 6.07) is 1.62. The molecule has 0 aromatic carbocycles. The van der Waals surface area contributed by atoms with Gasteiger partial charge in [0.1, 0.15) is 5.15 Å². The number of aliphatic hydroxyl groups excluding tert-OH is 1. The Balaban J connectivity index is 2.80. The van der Waals surface area contributed by atoms with E-state index in [0.717, 1.165) is 10.9 Å². The first-order chi connectivity index (χ1) is 5.81. The average Bonchev–Trinajstić information content (AvgIpc) is 2.50. The van der Waals surface area contributed by atoms with Gasteiger partial charge < -0.3 is 5.11 Å². The van der Waals surface area contributed by atoms with E-state index in [4.69, 9.17) is 16.7 Å². The number of aromatic amines is 1. The third-order valence-corrected chi connectivity index (χ3v) is 1.84. The van der Waals surface area contributed by atoms with Crippen LogP contribution >= 0.6 is 11.6 Å². The Hall–Kier alpha value is -1.13. The fraction of sp³-hybridized carbons (Fsp3) is 0.143. The summed E-state index contributed by atoms with van der Waals surface area (Å²) < 4.78 is 0. The molecule has 0 aliphatic heterocycles. The predicted octanol–water partition coefficient (Wildman–Crippen LogP) is 1.10. The summed E-state index contributed by atoms with van der Waals surface area (Å²) in [6.07, 6.45) is 1.62. The standard InChI is InChI=1S/C7H6ClN3O/c8-6-1-4(3-12)5-2-9-11-7(5)10-6/h1-2,12H,3H2,(H,9,10,11). The van der Waals surface area contributed by atoms with Gasteiger partial charge in [-0.05, 0) is 11.6 Å². The number of fused-ring (bicyclic) bond motifs is 1. The van der Waals surface area contributed by atoms with E-state index in [1.54, 1.807) is 12.3 Å². The molecular formula is C7H6ClN3O. The van der Waals surface area contributed by atoms with E-state index in [9.17, 15) is 0 Å². The van der Waals surface area contributed by atoms with Crippen LogP contribution in [0, 0.1) is 0 Å². The van der Waals surface area contributed by atoms with Crippen molar-refractivity contribution in [1.82, 2.24) is 15.2 Å². The summed E-state index contributed by atoms with van der Waals surface area (Å²) in [5, 5.41) is 16.6. The van der Waals surface area contributed by atoms with Crippen molar-refractivity contribution in [2.75, 3.05) is 0 Å². The minimum Gasteiger partial charge on any atom is -0.392 e. The Bertz CT molecular complexity index is 412. The first-order valence-corrected chi connectivity index (χ1v) is 3.78. The van der Waals surface area contributed by atoms with Gasteiger partial charge in [0.15, 0.2) is 5.65 Å². The zero-order valence-corrected chi connectivity index (χ0v) is 6.84. The number of nitrogens with one attached hydrogen (secondary N) is 1. The van der Waals surface area contributed by atoms with Crippen LogP contribution in [0.25, 0.3) is 11.0 Å². The molecule has 0 spiro atoms. The quantitative estimate of drug-likeness (QED) is 0.651. The molecule has 0 saturated carbocycles. The lowest BCUT2D eigenvalue weighted by atomic mass is 10.2. The summed E-state index contributed by atoms with van der Waals surface area (Å²) in [7, 11) is 0. The normalized spacial score (nSPS) is 10.8. The SMILES string of the molecule is OCc1cc(Cl)nc2[nH]ncc12. The van der Waals surface area contributed by atoms with E-state index in [-0.39, 0.29) is 6.61 Å². The molecular weight excluding hydrogens is 178 g/mol. The number of H-pyrrole nitrogens is 1. The second-order valence-corrected chi connectivity index (χ2v) is 2.78. The monoisotopic (exact) mass is 183 g/mol. The number of pyridine rings is 1. The summed E-state index contributed by atoms with van der Waals surface area (Å²) in [5.41, 5.74) is 1.34. The van der Waals surface area contributed by atoms with Gasteiger partial charge in [-0.15, -0.1) is 0 Å². The van der Waals surface area contributed by atoms with Crippen LogP contribution in [0.2, 0.25) is 5.15 Å². The Labute approximate surface area is 73.2 Å². The molecule has 0 fully saturated rings. The predicted molar refractivity (Wildman–Crippen MR) is 44.8 cm³/mol. The van der Waals surface area contributed by atoms with Crippen LogP contribution in [-0.2, 0) is 6.61 Å². The van der Waals surface area contributed by atoms with Gasteiger partial charge >= 0.3 is 0 Å². The second kappa shape index (κ2) is 2.73. The van der Waals surface area contributed by atoms with Crippen LogP contribution in [-0.4, -0.2) is 20.3 Å². The molecule has 62 valence electrons. The molecule has 5 heteroatoms. The lowest BCUT2D eigenvalue weighted by Crippen LogP contribution is -1.87. The fourth-order valence-electron chi connectivity index (χ4n) is 1.09. The molecule has 0 aliphatic carbocycles. The van der Waals surface area contributed by atoms with Gasteiger partial charge in [-0.3, -0.25) is 5.10 Å². The fourth-order valence-corrected chi connectivity index (χ4v) is 1.31. The number of halogens is 1. The van der Waals surface area contributed by atoms with E-state index < -0.39 is 0 Å². The van der Waals surface area contributed by atoms with Gasteiger partial charge in [-0.1, -0.05) is 11.6 Å². The minimum atomic E-state index is -0.0573. The maximum atomic E-state index is 8.95. The second-order valence-electron chi connectivity index (χ2n) is 2.39. The minimum absolute atomic E-state index is 0.0573. The van der Waals surface area contributed by atoms with Gasteiger partial charge in [0.2, 0.25) is 0 Å². The third kappa shape index (κ3) is 1.05. The van der Waals surface area contributed by atoms with Crippen LogP contribution in [0.5, 0.6) is 0 Å². The highest BCUT2D eigenvalue weighted by molar-refractivity contribution is 6.29. The molecule has 2 aromatic heterocycles. The molecule has 0 atom stereocenters. The lowest BCUT2D eigenvalue weighted by Gasteiger charge is -1.97. The van der Waals surface area contributed by atoms with Crippen LogP contribution in [0.3, 0.4) is 0 Å². The van der Waals surface area contributed by atoms with Crippen molar-refractivity contribution in [3.8, 4) is 0 Å². The number of hydrogen-bond acceptors (Lipinski definition) is 3. The van der Waals surface area contributed by atoms with Crippen molar-refractivity contribution in [2.24, 2.45) is 0 Å². The highest BCUT2D eigenvalue weighted by Crippen LogP contribution is 2.18. The van der Waals surface area contributed by atoms with Gasteiger partial charge in [0, 0.05) is 5.39 Å². The molecule has 0 bridgehead atoms. The molecule has 2 rings (SSSR count). The molecule has 4 nitrogen and oxygen atoms in total. The number of nitrogens with zero attached hydrogens (tertiary/aromatic N) is 2. The van der Waals surface area contributed by atoms with Gasteiger partial charge in [0.05, 0.1) is 12.8 Å². The average molecular weight is 184 g/mol. The van der Waals surface area contributed by atoms with Crippen LogP contribution in [0.15, 0.2) is 12.3 Å². The van der Waals surface area contributed by atoms with Crippen LogP contribution < -0.4 is 0 Å². The van der Waals surface area contributed by atoms with Crippen molar-refractivity contribution in [2.45, 2.75) is 6.61 Å². The number of aromatic nitrogens is 3. The molecule has 0 saturated heterocycles. The summed E-state index contributed by atoms with van der Waals surface area (Å²) in [4.78, 5) is 3.98. The van der Waals surface area contributed by atoms with E-state index in [1.165, 1.54) is 0 Å². The zero-order chi connectivity index (χ0) is 8.55. The van der Waals surface area contributed by atoms with E-state index in [2.05, 4.69) is 15.2 Å². The van der Waals surface area contributed by atoms with Gasteiger partial charge in [0.25, 0.3) is 0 Å². The Morgan fingerprint density at radius 1 is 1.58 bits per heavy atom. The molecule has 0 radical (unpaired) electrons. The van der Waals surface area contributed by atoms with Crippen molar-refractivity contribution in [3.63, 3.8) is 0 Å². The van der Waals surface area contributed by atoms with E-state index in [0.29, 0.717) is 10.8 Å². The van der Waals surface area contributed by atoms with Gasteiger partial charge in [-0.25, -0.2) is 4.98 Å². The molecule has 2 heterocycles.